The summed E-state index contributed by atoms with van der Waals surface area (Å²) < 4.78 is 0. The smallest absolute Gasteiger partial charge is 0.242 e. The lowest BCUT2D eigenvalue weighted by Gasteiger charge is -2.23. The van der Waals surface area contributed by atoms with Gasteiger partial charge in [-0.2, -0.15) is 0 Å². The van der Waals surface area contributed by atoms with Gasteiger partial charge in [0, 0.05) is 43.6 Å². The molecule has 122 valence electrons. The maximum absolute atomic E-state index is 12.4. The molecule has 2 aromatic rings. The van der Waals surface area contributed by atoms with Gasteiger partial charge in [-0.25, -0.2) is 15.0 Å². The van der Waals surface area contributed by atoms with Crippen molar-refractivity contribution in [2.24, 2.45) is 0 Å². The molecule has 1 aliphatic heterocycles. The fraction of sp³-hybridized carbons (Fsp3) is 0.467. The zero-order valence-electron chi connectivity index (χ0n) is 12.8. The number of amides is 1. The normalized spacial score (nSPS) is 17.2. The minimum atomic E-state index is -0.0911. The molecule has 3 heterocycles. The third-order valence-electron chi connectivity index (χ3n) is 3.72. The molecule has 2 N–H and O–H groups in total. The summed E-state index contributed by atoms with van der Waals surface area (Å²) in [6.07, 6.45) is 7.93. The molecule has 0 aromatic carbocycles. The molecular weight excluding hydrogens is 312 g/mol. The van der Waals surface area contributed by atoms with Crippen molar-refractivity contribution in [1.29, 1.82) is 0 Å². The standard InChI is InChI=1S/C15H20N6OS/c22-13(12-4-1-10-21(12)15-20-9-11-23-15)16-5-2-6-17-14-18-7-3-8-19-14/h3,7-9,11-12H,1-2,4-6,10H2,(H,16,22)(H,17,18,19). The average Bonchev–Trinajstić information content (AvgIpc) is 3.26. The maximum Gasteiger partial charge on any atom is 0.242 e. The largest absolute Gasteiger partial charge is 0.354 e. The molecule has 1 aliphatic rings. The molecule has 0 bridgehead atoms. The highest BCUT2D eigenvalue weighted by Gasteiger charge is 2.31. The van der Waals surface area contributed by atoms with E-state index in [2.05, 4.69) is 30.5 Å². The van der Waals surface area contributed by atoms with Crippen LogP contribution in [-0.2, 0) is 4.79 Å². The highest BCUT2D eigenvalue weighted by atomic mass is 32.1. The molecular formula is C15H20N6OS. The summed E-state index contributed by atoms with van der Waals surface area (Å²) in [5.74, 6) is 0.707. The minimum absolute atomic E-state index is 0.0911. The number of thiazole rings is 1. The number of aromatic nitrogens is 3. The Morgan fingerprint density at radius 2 is 2.13 bits per heavy atom. The van der Waals surface area contributed by atoms with Crippen molar-refractivity contribution < 1.29 is 4.79 Å². The van der Waals surface area contributed by atoms with Crippen LogP contribution in [-0.4, -0.2) is 46.5 Å². The van der Waals surface area contributed by atoms with Crippen LogP contribution in [0.3, 0.4) is 0 Å². The van der Waals surface area contributed by atoms with Crippen molar-refractivity contribution in [3.63, 3.8) is 0 Å². The summed E-state index contributed by atoms with van der Waals surface area (Å²) in [7, 11) is 0. The first-order valence-corrected chi connectivity index (χ1v) is 8.67. The Bertz CT molecular complexity index is 606. The van der Waals surface area contributed by atoms with Crippen LogP contribution in [0, 0.1) is 0 Å². The first-order valence-electron chi connectivity index (χ1n) is 7.79. The quantitative estimate of drug-likeness (QED) is 0.748. The Morgan fingerprint density at radius 3 is 2.91 bits per heavy atom. The van der Waals surface area contributed by atoms with E-state index in [9.17, 15) is 4.79 Å². The fourth-order valence-electron chi connectivity index (χ4n) is 2.63. The second-order valence-electron chi connectivity index (χ2n) is 5.31. The van der Waals surface area contributed by atoms with Gasteiger partial charge in [-0.15, -0.1) is 11.3 Å². The van der Waals surface area contributed by atoms with Gasteiger partial charge >= 0.3 is 0 Å². The van der Waals surface area contributed by atoms with Gasteiger partial charge < -0.3 is 15.5 Å². The molecule has 1 amide bonds. The van der Waals surface area contributed by atoms with Crippen LogP contribution in [0.15, 0.2) is 30.0 Å². The number of rotatable bonds is 7. The van der Waals surface area contributed by atoms with E-state index in [0.29, 0.717) is 12.5 Å². The first-order chi connectivity index (χ1) is 11.3. The Kier molecular flexibility index (Phi) is 5.36. The zero-order valence-corrected chi connectivity index (χ0v) is 13.6. The van der Waals surface area contributed by atoms with Gasteiger partial charge in [-0.05, 0) is 25.3 Å². The molecule has 1 saturated heterocycles. The lowest BCUT2D eigenvalue weighted by atomic mass is 10.2. The summed E-state index contributed by atoms with van der Waals surface area (Å²) >= 11 is 1.58. The topological polar surface area (TPSA) is 83.0 Å². The number of nitrogens with one attached hydrogen (secondary N) is 2. The molecule has 3 rings (SSSR count). The number of anilines is 2. The summed E-state index contributed by atoms with van der Waals surface area (Å²) in [5.41, 5.74) is 0. The number of carbonyl (C=O) groups is 1. The van der Waals surface area contributed by atoms with Gasteiger partial charge in [0.2, 0.25) is 11.9 Å². The first kappa shape index (κ1) is 15.7. The van der Waals surface area contributed by atoms with Gasteiger partial charge in [0.1, 0.15) is 6.04 Å². The van der Waals surface area contributed by atoms with Crippen LogP contribution in [0.4, 0.5) is 11.1 Å². The Labute approximate surface area is 139 Å². The van der Waals surface area contributed by atoms with Gasteiger partial charge in [0.15, 0.2) is 5.13 Å². The van der Waals surface area contributed by atoms with E-state index in [1.807, 2.05) is 5.38 Å². The highest BCUT2D eigenvalue weighted by Crippen LogP contribution is 2.27. The lowest BCUT2D eigenvalue weighted by Crippen LogP contribution is -2.43. The molecule has 7 nitrogen and oxygen atoms in total. The number of nitrogens with zero attached hydrogens (tertiary/aromatic N) is 4. The van der Waals surface area contributed by atoms with Crippen LogP contribution < -0.4 is 15.5 Å². The third kappa shape index (κ3) is 4.16. The average molecular weight is 332 g/mol. The van der Waals surface area contributed by atoms with E-state index >= 15 is 0 Å². The van der Waals surface area contributed by atoms with Gasteiger partial charge in [0.05, 0.1) is 0 Å². The van der Waals surface area contributed by atoms with E-state index in [1.54, 1.807) is 36.0 Å². The molecule has 1 unspecified atom stereocenters. The predicted molar refractivity (Wildman–Crippen MR) is 90.6 cm³/mol. The molecule has 2 aromatic heterocycles. The molecule has 0 saturated carbocycles. The molecule has 0 spiro atoms. The molecule has 1 fully saturated rings. The van der Waals surface area contributed by atoms with Gasteiger partial charge in [-0.3, -0.25) is 4.79 Å². The Morgan fingerprint density at radius 1 is 1.26 bits per heavy atom. The Hall–Kier alpha value is -2.22. The van der Waals surface area contributed by atoms with Crippen molar-refractivity contribution in [3.05, 3.63) is 30.0 Å². The summed E-state index contributed by atoms with van der Waals surface area (Å²) in [6, 6.07) is 1.69. The van der Waals surface area contributed by atoms with Crippen LogP contribution in [0.5, 0.6) is 0 Å². The lowest BCUT2D eigenvalue weighted by molar-refractivity contribution is -0.122. The van der Waals surface area contributed by atoms with Gasteiger partial charge in [-0.1, -0.05) is 0 Å². The highest BCUT2D eigenvalue weighted by molar-refractivity contribution is 7.13. The second kappa shape index (κ2) is 7.87. The van der Waals surface area contributed by atoms with E-state index in [1.165, 1.54) is 0 Å². The van der Waals surface area contributed by atoms with Crippen LogP contribution in [0.25, 0.3) is 0 Å². The molecule has 23 heavy (non-hydrogen) atoms. The Balaban J connectivity index is 1.39. The van der Waals surface area contributed by atoms with Crippen LogP contribution >= 0.6 is 11.3 Å². The van der Waals surface area contributed by atoms with Crippen molar-refractivity contribution in [2.75, 3.05) is 29.9 Å². The van der Waals surface area contributed by atoms with E-state index in [4.69, 9.17) is 0 Å². The van der Waals surface area contributed by atoms with Crippen molar-refractivity contribution >= 4 is 28.3 Å². The van der Waals surface area contributed by atoms with Crippen LogP contribution in [0.1, 0.15) is 19.3 Å². The minimum Gasteiger partial charge on any atom is -0.354 e. The van der Waals surface area contributed by atoms with Crippen LogP contribution in [0.2, 0.25) is 0 Å². The molecule has 0 radical (unpaired) electrons. The fourth-order valence-corrected chi connectivity index (χ4v) is 3.35. The molecule has 0 aliphatic carbocycles. The van der Waals surface area contributed by atoms with E-state index in [-0.39, 0.29) is 11.9 Å². The monoisotopic (exact) mass is 332 g/mol. The summed E-state index contributed by atoms with van der Waals surface area (Å²) in [6.45, 7) is 2.27. The summed E-state index contributed by atoms with van der Waals surface area (Å²) in [4.78, 5) is 27.0. The van der Waals surface area contributed by atoms with Crippen molar-refractivity contribution in [2.45, 2.75) is 25.3 Å². The SMILES string of the molecule is O=C(NCCCNc1ncccn1)C1CCCN1c1nccs1. The van der Waals surface area contributed by atoms with Gasteiger partial charge in [0.25, 0.3) is 0 Å². The molecule has 1 atom stereocenters. The third-order valence-corrected chi connectivity index (χ3v) is 4.53. The number of carbonyl (C=O) groups excluding carboxylic acids is 1. The van der Waals surface area contributed by atoms with Crippen molar-refractivity contribution in [3.8, 4) is 0 Å². The molecule has 8 heteroatoms. The van der Waals surface area contributed by atoms with E-state index in [0.717, 1.165) is 37.5 Å². The van der Waals surface area contributed by atoms with E-state index < -0.39 is 0 Å². The summed E-state index contributed by atoms with van der Waals surface area (Å²) in [5, 5.41) is 9.03. The predicted octanol–water partition coefficient (Wildman–Crippen LogP) is 1.52. The number of hydrogen-bond acceptors (Lipinski definition) is 7. The second-order valence-corrected chi connectivity index (χ2v) is 6.18. The van der Waals surface area contributed by atoms with Crippen molar-refractivity contribution in [1.82, 2.24) is 20.3 Å². The number of hydrogen-bond donors (Lipinski definition) is 2. The zero-order chi connectivity index (χ0) is 15.9. The maximum atomic E-state index is 12.4.